The molecule has 0 fully saturated rings. The van der Waals surface area contributed by atoms with Gasteiger partial charge in [0.1, 0.15) is 0 Å². The summed E-state index contributed by atoms with van der Waals surface area (Å²) in [5.41, 5.74) is 0. The van der Waals surface area contributed by atoms with Gasteiger partial charge in [-0.05, 0) is 6.92 Å². The summed E-state index contributed by atoms with van der Waals surface area (Å²) in [7, 11) is 0. The number of hydrogen-bond donors (Lipinski definition) is 0. The number of ether oxygens (including phenoxy) is 1. The molecule has 0 saturated carbocycles. The largest absolute Gasteiger partial charge is 0.501 e. The molecule has 0 aromatic carbocycles. The van der Waals surface area contributed by atoms with E-state index in [1.807, 2.05) is 0 Å². The van der Waals surface area contributed by atoms with E-state index in [2.05, 4.69) is 4.74 Å². The Kier molecular flexibility index (Phi) is 4.70. The number of allylic oxidation sites excluding steroid dienone is 1. The Balaban J connectivity index is 4.29. The second kappa shape index (κ2) is 5.09. The molecule has 0 saturated heterocycles. The van der Waals surface area contributed by atoms with Gasteiger partial charge in [-0.15, -0.1) is 0 Å². The molecule has 2 nitrogen and oxygen atoms in total. The van der Waals surface area contributed by atoms with Gasteiger partial charge in [0.25, 0.3) is 0 Å². The van der Waals surface area contributed by atoms with Crippen LogP contribution in [-0.2, 0) is 9.53 Å². The van der Waals surface area contributed by atoms with Crippen molar-refractivity contribution < 1.29 is 31.5 Å². The highest BCUT2D eigenvalue weighted by atomic mass is 19.4. The van der Waals surface area contributed by atoms with Crippen LogP contribution in [0.1, 0.15) is 13.3 Å². The molecule has 88 valence electrons. The van der Waals surface area contributed by atoms with Gasteiger partial charge >= 0.3 is 12.1 Å². The van der Waals surface area contributed by atoms with Gasteiger partial charge in [0.15, 0.2) is 5.78 Å². The SMILES string of the molecule is CCO/C=C/C(=O)CC(F)(F)C(F)(F)F. The van der Waals surface area contributed by atoms with Gasteiger partial charge in [-0.1, -0.05) is 0 Å². The Labute approximate surface area is 82.7 Å². The first-order chi connectivity index (χ1) is 6.70. The van der Waals surface area contributed by atoms with E-state index in [0.717, 1.165) is 6.26 Å². The fourth-order valence-corrected chi connectivity index (χ4v) is 0.598. The molecule has 0 heterocycles. The normalized spacial score (nSPS) is 13.2. The summed E-state index contributed by atoms with van der Waals surface area (Å²) in [4.78, 5) is 10.6. The topological polar surface area (TPSA) is 26.3 Å². The Hall–Kier alpha value is -1.14. The van der Waals surface area contributed by atoms with Crippen LogP contribution in [0.25, 0.3) is 0 Å². The molecule has 0 spiro atoms. The summed E-state index contributed by atoms with van der Waals surface area (Å²) in [6.45, 7) is 1.76. The van der Waals surface area contributed by atoms with E-state index in [4.69, 9.17) is 0 Å². The molecule has 0 atom stereocenters. The van der Waals surface area contributed by atoms with Crippen LogP contribution < -0.4 is 0 Å². The maximum Gasteiger partial charge on any atom is 0.453 e. The summed E-state index contributed by atoms with van der Waals surface area (Å²) in [6, 6.07) is 0. The Bertz CT molecular complexity index is 244. The molecule has 0 aromatic rings. The monoisotopic (exact) mass is 232 g/mol. The van der Waals surface area contributed by atoms with Crippen LogP contribution in [0.4, 0.5) is 22.0 Å². The van der Waals surface area contributed by atoms with Crippen molar-refractivity contribution in [1.82, 2.24) is 0 Å². The molecule has 15 heavy (non-hydrogen) atoms. The third kappa shape index (κ3) is 4.75. The Morgan fingerprint density at radius 1 is 1.27 bits per heavy atom. The van der Waals surface area contributed by atoms with Crippen molar-refractivity contribution in [2.45, 2.75) is 25.4 Å². The molecule has 0 aliphatic carbocycles. The average molecular weight is 232 g/mol. The van der Waals surface area contributed by atoms with Crippen molar-refractivity contribution in [2.24, 2.45) is 0 Å². The van der Waals surface area contributed by atoms with Crippen molar-refractivity contribution in [1.29, 1.82) is 0 Å². The standard InChI is InChI=1S/C8H9F5O2/c1-2-15-4-3-6(14)5-7(9,10)8(11,12)13/h3-4H,2,5H2,1H3/b4-3+. The minimum absolute atomic E-state index is 0.194. The number of ketones is 1. The van der Waals surface area contributed by atoms with Crippen LogP contribution in [0.15, 0.2) is 12.3 Å². The number of carbonyl (C=O) groups is 1. The van der Waals surface area contributed by atoms with E-state index in [1.54, 1.807) is 6.92 Å². The van der Waals surface area contributed by atoms with E-state index in [9.17, 15) is 26.7 Å². The molecule has 7 heteroatoms. The number of halogens is 5. The smallest absolute Gasteiger partial charge is 0.453 e. The van der Waals surface area contributed by atoms with Gasteiger partial charge in [0, 0.05) is 6.08 Å². The van der Waals surface area contributed by atoms with E-state index in [1.165, 1.54) is 0 Å². The molecule has 0 bridgehead atoms. The number of alkyl halides is 5. The number of hydrogen-bond acceptors (Lipinski definition) is 2. The summed E-state index contributed by atoms with van der Waals surface area (Å²) < 4.78 is 63.9. The molecule has 0 radical (unpaired) electrons. The second-order valence-corrected chi connectivity index (χ2v) is 2.60. The first-order valence-electron chi connectivity index (χ1n) is 3.96. The van der Waals surface area contributed by atoms with E-state index < -0.39 is 24.3 Å². The van der Waals surface area contributed by atoms with Gasteiger partial charge in [-0.3, -0.25) is 4.79 Å². The predicted octanol–water partition coefficient (Wildman–Crippen LogP) is 2.69. The molecule has 0 aromatic heterocycles. The Morgan fingerprint density at radius 2 is 1.80 bits per heavy atom. The molecule has 0 aliphatic heterocycles. The van der Waals surface area contributed by atoms with Gasteiger partial charge in [0.05, 0.1) is 19.3 Å². The lowest BCUT2D eigenvalue weighted by molar-refractivity contribution is -0.281. The van der Waals surface area contributed by atoms with Gasteiger partial charge < -0.3 is 4.74 Å². The van der Waals surface area contributed by atoms with Crippen molar-refractivity contribution >= 4 is 5.78 Å². The molecular weight excluding hydrogens is 223 g/mol. The predicted molar refractivity (Wildman–Crippen MR) is 41.4 cm³/mol. The minimum Gasteiger partial charge on any atom is -0.501 e. The van der Waals surface area contributed by atoms with Crippen molar-refractivity contribution in [3.8, 4) is 0 Å². The molecule has 0 N–H and O–H groups in total. The van der Waals surface area contributed by atoms with Crippen molar-refractivity contribution in [3.63, 3.8) is 0 Å². The average Bonchev–Trinajstić information content (AvgIpc) is 2.01. The molecule has 0 unspecified atom stereocenters. The molecule has 0 rings (SSSR count). The Morgan fingerprint density at radius 3 is 2.20 bits per heavy atom. The summed E-state index contributed by atoms with van der Waals surface area (Å²) >= 11 is 0. The minimum atomic E-state index is -5.71. The fourth-order valence-electron chi connectivity index (χ4n) is 0.598. The van der Waals surface area contributed by atoms with E-state index in [0.29, 0.717) is 6.08 Å². The third-order valence-electron chi connectivity index (χ3n) is 1.33. The maximum atomic E-state index is 12.3. The fraction of sp³-hybridized carbons (Fsp3) is 0.625. The van der Waals surface area contributed by atoms with E-state index in [-0.39, 0.29) is 6.61 Å². The summed E-state index contributed by atoms with van der Waals surface area (Å²) in [6.07, 6.45) is -6.28. The zero-order chi connectivity index (χ0) is 12.1. The highest BCUT2D eigenvalue weighted by Crippen LogP contribution is 2.38. The molecular formula is C8H9F5O2. The van der Waals surface area contributed by atoms with E-state index >= 15 is 0 Å². The highest BCUT2D eigenvalue weighted by molar-refractivity contribution is 5.90. The lowest BCUT2D eigenvalue weighted by Crippen LogP contribution is -2.38. The first kappa shape index (κ1) is 13.9. The van der Waals surface area contributed by atoms with Crippen LogP contribution in [0.5, 0.6) is 0 Å². The van der Waals surface area contributed by atoms with Gasteiger partial charge in [-0.25, -0.2) is 0 Å². The summed E-state index contributed by atoms with van der Waals surface area (Å²) in [5, 5.41) is 0. The van der Waals surface area contributed by atoms with Gasteiger partial charge in [0.2, 0.25) is 0 Å². The van der Waals surface area contributed by atoms with Gasteiger partial charge in [-0.2, -0.15) is 22.0 Å². The maximum absolute atomic E-state index is 12.3. The molecule has 0 aliphatic rings. The molecule has 0 amide bonds. The lowest BCUT2D eigenvalue weighted by Gasteiger charge is -2.17. The van der Waals surface area contributed by atoms with Crippen molar-refractivity contribution in [2.75, 3.05) is 6.61 Å². The lowest BCUT2D eigenvalue weighted by atomic mass is 10.1. The third-order valence-corrected chi connectivity index (χ3v) is 1.33. The highest BCUT2D eigenvalue weighted by Gasteiger charge is 2.57. The van der Waals surface area contributed by atoms with Crippen LogP contribution >= 0.6 is 0 Å². The van der Waals surface area contributed by atoms with Crippen LogP contribution in [0.2, 0.25) is 0 Å². The number of rotatable bonds is 5. The van der Waals surface area contributed by atoms with Crippen LogP contribution in [0, 0.1) is 0 Å². The van der Waals surface area contributed by atoms with Crippen molar-refractivity contribution in [3.05, 3.63) is 12.3 Å². The summed E-state index contributed by atoms with van der Waals surface area (Å²) in [5.74, 6) is -6.34. The van der Waals surface area contributed by atoms with Crippen LogP contribution in [-0.4, -0.2) is 24.5 Å². The zero-order valence-corrected chi connectivity index (χ0v) is 7.78. The number of carbonyl (C=O) groups excluding carboxylic acids is 1. The second-order valence-electron chi connectivity index (χ2n) is 2.60. The van der Waals surface area contributed by atoms with Crippen LogP contribution in [0.3, 0.4) is 0 Å². The quantitative estimate of drug-likeness (QED) is 0.414. The first-order valence-corrected chi connectivity index (χ1v) is 3.96. The zero-order valence-electron chi connectivity index (χ0n) is 7.78.